The SMILES string of the molecule is O=C(Cn1nc(C(F)F)c2c1C(F)(F)[C@H]1CC21)N[C@@H](Cc1cc(F)cc(F)c1)c1nc2cc(-c3ccccn3)ccc2c(=O)n1-c1ccc(S(=O)(=O)N2CCOCC2)cc1. The van der Waals surface area contributed by atoms with Crippen LogP contribution in [0.4, 0.5) is 26.3 Å². The van der Waals surface area contributed by atoms with Crippen molar-refractivity contribution in [3.8, 4) is 16.9 Å². The summed E-state index contributed by atoms with van der Waals surface area (Å²) in [6.07, 6.45) is -2.02. The average molecular weight is 850 g/mol. The van der Waals surface area contributed by atoms with Crippen molar-refractivity contribution in [1.29, 1.82) is 0 Å². The summed E-state index contributed by atoms with van der Waals surface area (Å²) >= 11 is 0. The predicted octanol–water partition coefficient (Wildman–Crippen LogP) is 6.19. The maximum absolute atomic E-state index is 15.4. The number of fused-ring (bicyclic) bond motifs is 4. The zero-order valence-corrected chi connectivity index (χ0v) is 32.1. The van der Waals surface area contributed by atoms with Gasteiger partial charge in [-0.05, 0) is 78.6 Å². The summed E-state index contributed by atoms with van der Waals surface area (Å²) in [6.45, 7) is -0.261. The minimum Gasteiger partial charge on any atom is -0.379 e. The van der Waals surface area contributed by atoms with Crippen molar-refractivity contribution < 1.29 is 44.3 Å². The number of benzene rings is 3. The third kappa shape index (κ3) is 7.02. The van der Waals surface area contributed by atoms with E-state index >= 15 is 8.78 Å². The van der Waals surface area contributed by atoms with Crippen LogP contribution in [-0.4, -0.2) is 69.2 Å². The van der Waals surface area contributed by atoms with Gasteiger partial charge in [-0.25, -0.2) is 31.0 Å². The molecule has 1 saturated carbocycles. The van der Waals surface area contributed by atoms with Gasteiger partial charge in [0.1, 0.15) is 35.4 Å². The highest BCUT2D eigenvalue weighted by atomic mass is 32.2. The number of rotatable bonds is 11. The molecule has 12 nitrogen and oxygen atoms in total. The highest BCUT2D eigenvalue weighted by Crippen LogP contribution is 2.68. The second-order valence-electron chi connectivity index (χ2n) is 14.8. The zero-order chi connectivity index (χ0) is 42.1. The van der Waals surface area contributed by atoms with Crippen LogP contribution in [0.25, 0.3) is 27.8 Å². The molecular formula is C41H33F6N7O5S. The van der Waals surface area contributed by atoms with Crippen LogP contribution in [-0.2, 0) is 38.4 Å². The fourth-order valence-electron chi connectivity index (χ4n) is 8.21. The molecule has 1 saturated heterocycles. The maximum atomic E-state index is 15.4. The summed E-state index contributed by atoms with van der Waals surface area (Å²) in [6, 6.07) is 16.5. The summed E-state index contributed by atoms with van der Waals surface area (Å²) in [4.78, 5) is 37.7. The predicted molar refractivity (Wildman–Crippen MR) is 203 cm³/mol. The average Bonchev–Trinajstić information content (AvgIpc) is 3.89. The molecule has 6 aromatic rings. The molecule has 3 atom stereocenters. The Kier molecular flexibility index (Phi) is 9.86. The third-order valence-corrected chi connectivity index (χ3v) is 12.9. The van der Waals surface area contributed by atoms with Gasteiger partial charge in [0.25, 0.3) is 17.9 Å². The Morgan fingerprint density at radius 1 is 0.967 bits per heavy atom. The van der Waals surface area contributed by atoms with Crippen molar-refractivity contribution in [2.24, 2.45) is 5.92 Å². The molecule has 3 aromatic carbocycles. The highest BCUT2D eigenvalue weighted by molar-refractivity contribution is 7.89. The number of nitrogens with one attached hydrogen (secondary N) is 1. The second kappa shape index (κ2) is 15.0. The molecule has 0 bridgehead atoms. The van der Waals surface area contributed by atoms with Crippen LogP contribution in [0.3, 0.4) is 0 Å². The number of hydrogen-bond donors (Lipinski definition) is 1. The van der Waals surface area contributed by atoms with E-state index in [1.165, 1.54) is 34.6 Å². The summed E-state index contributed by atoms with van der Waals surface area (Å²) in [5.41, 5.74) is -1.24. The fourth-order valence-corrected chi connectivity index (χ4v) is 9.61. The summed E-state index contributed by atoms with van der Waals surface area (Å²) in [7, 11) is -3.97. The minimum atomic E-state index is -3.97. The van der Waals surface area contributed by atoms with Crippen molar-refractivity contribution >= 4 is 26.8 Å². The molecule has 1 amide bonds. The Morgan fingerprint density at radius 2 is 1.70 bits per heavy atom. The number of carbonyl (C=O) groups is 1. The first-order chi connectivity index (χ1) is 28.7. The molecule has 1 unspecified atom stereocenters. The number of carbonyl (C=O) groups excluding carboxylic acids is 1. The number of hydrogen-bond acceptors (Lipinski definition) is 8. The van der Waals surface area contributed by atoms with E-state index in [9.17, 15) is 35.6 Å². The van der Waals surface area contributed by atoms with E-state index in [0.717, 1.165) is 16.7 Å². The Balaban J connectivity index is 1.17. The summed E-state index contributed by atoms with van der Waals surface area (Å²) in [5, 5.41) is 6.49. The van der Waals surface area contributed by atoms with Crippen molar-refractivity contribution in [2.45, 2.75) is 48.6 Å². The van der Waals surface area contributed by atoms with Gasteiger partial charge >= 0.3 is 0 Å². The number of amides is 1. The minimum absolute atomic E-state index is 0.000488. The summed E-state index contributed by atoms with van der Waals surface area (Å²) < 4.78 is 123. The molecule has 0 radical (unpaired) electrons. The molecule has 60 heavy (non-hydrogen) atoms. The lowest BCUT2D eigenvalue weighted by Gasteiger charge is -2.26. The molecule has 4 heterocycles. The van der Waals surface area contributed by atoms with Gasteiger partial charge in [0.05, 0.1) is 46.4 Å². The molecule has 2 aliphatic carbocycles. The molecular weight excluding hydrogens is 817 g/mol. The van der Waals surface area contributed by atoms with Crippen LogP contribution in [0.5, 0.6) is 0 Å². The fraction of sp³-hybridized carbons (Fsp3) is 0.293. The van der Waals surface area contributed by atoms with Gasteiger partial charge < -0.3 is 10.1 Å². The first-order valence-electron chi connectivity index (χ1n) is 18.9. The molecule has 2 fully saturated rings. The zero-order valence-electron chi connectivity index (χ0n) is 31.2. The number of morpholine rings is 1. The van der Waals surface area contributed by atoms with Gasteiger partial charge in [-0.2, -0.15) is 18.2 Å². The largest absolute Gasteiger partial charge is 0.379 e. The van der Waals surface area contributed by atoms with Gasteiger partial charge in [0, 0.05) is 48.8 Å². The van der Waals surface area contributed by atoms with Crippen molar-refractivity contribution in [2.75, 3.05) is 26.3 Å². The van der Waals surface area contributed by atoms with Gasteiger partial charge in [0.2, 0.25) is 15.9 Å². The van der Waals surface area contributed by atoms with E-state index in [2.05, 4.69) is 15.4 Å². The first kappa shape index (κ1) is 39.5. The number of aromatic nitrogens is 5. The highest BCUT2D eigenvalue weighted by Gasteiger charge is 2.67. The Labute approximate surface area is 337 Å². The lowest BCUT2D eigenvalue weighted by molar-refractivity contribution is -0.123. The maximum Gasteiger partial charge on any atom is 0.293 e. The molecule has 1 aliphatic heterocycles. The summed E-state index contributed by atoms with van der Waals surface area (Å²) in [5.74, 6) is -8.64. The van der Waals surface area contributed by atoms with Crippen LogP contribution in [0.15, 0.2) is 94.7 Å². The quantitative estimate of drug-likeness (QED) is 0.152. The number of halogens is 6. The number of sulfonamides is 1. The lowest BCUT2D eigenvalue weighted by atomic mass is 10.0. The van der Waals surface area contributed by atoms with E-state index in [1.807, 2.05) is 0 Å². The number of alkyl halides is 4. The second-order valence-corrected chi connectivity index (χ2v) is 16.8. The molecule has 0 spiro atoms. The van der Waals surface area contributed by atoms with E-state index in [-0.39, 0.29) is 71.2 Å². The third-order valence-electron chi connectivity index (χ3n) is 11.0. The Morgan fingerprint density at radius 3 is 2.38 bits per heavy atom. The van der Waals surface area contributed by atoms with Gasteiger partial charge in [0.15, 0.2) is 0 Å². The van der Waals surface area contributed by atoms with Crippen molar-refractivity contribution in [3.63, 3.8) is 0 Å². The van der Waals surface area contributed by atoms with Crippen LogP contribution in [0.2, 0.25) is 0 Å². The van der Waals surface area contributed by atoms with Crippen LogP contribution in [0, 0.1) is 17.6 Å². The van der Waals surface area contributed by atoms with Crippen molar-refractivity contribution in [1.82, 2.24) is 33.9 Å². The number of nitrogens with zero attached hydrogens (tertiary/aromatic N) is 6. The molecule has 1 N–H and O–H groups in total. The van der Waals surface area contributed by atoms with Crippen LogP contribution < -0.4 is 10.9 Å². The smallest absolute Gasteiger partial charge is 0.293 e. The van der Waals surface area contributed by atoms with Gasteiger partial charge in [-0.15, -0.1) is 0 Å². The Bertz CT molecular complexity index is 2810. The number of pyridine rings is 1. The van der Waals surface area contributed by atoms with E-state index < -0.39 is 87.7 Å². The van der Waals surface area contributed by atoms with E-state index in [4.69, 9.17) is 9.72 Å². The molecule has 310 valence electrons. The lowest BCUT2D eigenvalue weighted by Crippen LogP contribution is -2.40. The molecule has 19 heteroatoms. The first-order valence-corrected chi connectivity index (χ1v) is 20.3. The molecule has 3 aliphatic rings. The monoisotopic (exact) mass is 849 g/mol. The van der Waals surface area contributed by atoms with Gasteiger partial charge in [-0.1, -0.05) is 12.1 Å². The van der Waals surface area contributed by atoms with Crippen molar-refractivity contribution in [3.05, 3.63) is 135 Å². The van der Waals surface area contributed by atoms with Crippen LogP contribution in [0.1, 0.15) is 53.1 Å². The van der Waals surface area contributed by atoms with Gasteiger partial charge in [-0.3, -0.25) is 23.8 Å². The molecule has 9 rings (SSSR count). The topological polar surface area (TPSA) is 141 Å². The Hall–Kier alpha value is -5.92. The van der Waals surface area contributed by atoms with E-state index in [0.29, 0.717) is 22.0 Å². The molecule has 3 aromatic heterocycles. The standard InChI is InChI=1S/C41H33F6N7O5S/c42-24-15-22(16-25(43)19-24)17-33(49-34(55)21-53-37-35(36(51-53)38(44)45)29-20-30(29)41(37,46)47)39-50-32-18-23(31-3-1-2-10-48-31)4-9-28(32)40(56)54(39)26-5-7-27(8-6-26)60(57,58)52-11-13-59-14-12-52/h1-10,15-16,18-19,29-30,33,38H,11-14,17,20-21H2,(H,49,55)/t29?,30-,33-/m0/s1. The van der Waals surface area contributed by atoms with Crippen LogP contribution >= 0.6 is 0 Å². The normalized spacial score (nSPS) is 19.0. The van der Waals surface area contributed by atoms with E-state index in [1.54, 1.807) is 36.5 Å². The number of ether oxygens (including phenoxy) is 1.